The molecule has 0 fully saturated rings. The molecule has 0 unspecified atom stereocenters. The van der Waals surface area contributed by atoms with Gasteiger partial charge >= 0.3 is 5.95 Å². The van der Waals surface area contributed by atoms with E-state index in [9.17, 15) is 5.11 Å². The molecule has 2 heterocycles. The molecule has 8 nitrogen and oxygen atoms in total. The summed E-state index contributed by atoms with van der Waals surface area (Å²) < 4.78 is 4.15. The summed E-state index contributed by atoms with van der Waals surface area (Å²) in [7, 11) is 0. The molecule has 0 saturated carbocycles. The second-order valence-corrected chi connectivity index (χ2v) is 1.64. The summed E-state index contributed by atoms with van der Waals surface area (Å²) in [5.41, 5.74) is 0. The van der Waals surface area contributed by atoms with Crippen LogP contribution >= 0.6 is 0 Å². The van der Waals surface area contributed by atoms with Crippen molar-refractivity contribution in [2.75, 3.05) is 0 Å². The average Bonchev–Trinajstić information content (AvgIpc) is 2.55. The van der Waals surface area contributed by atoms with Crippen LogP contribution in [0.5, 0.6) is 6.08 Å². The zero-order valence-corrected chi connectivity index (χ0v) is 5.13. The molecule has 2 rings (SSSR count). The minimum absolute atomic E-state index is 0.232. The Kier molecular flexibility index (Phi) is 1.05. The second-order valence-electron chi connectivity index (χ2n) is 1.64. The van der Waals surface area contributed by atoms with E-state index in [4.69, 9.17) is 0 Å². The van der Waals surface area contributed by atoms with Gasteiger partial charge < -0.3 is 9.63 Å². The molecule has 1 N–H and O–H groups in total. The van der Waals surface area contributed by atoms with Crippen molar-refractivity contribution in [2.24, 2.45) is 0 Å². The largest absolute Gasteiger partial charge is 0.526 e. The summed E-state index contributed by atoms with van der Waals surface area (Å²) in [6.07, 6.45) is 0.491. The van der Waals surface area contributed by atoms with Crippen LogP contribution in [0.15, 0.2) is 10.9 Å². The van der Waals surface area contributed by atoms with Crippen molar-refractivity contribution in [3.8, 4) is 12.0 Å². The molecule has 0 spiro atoms. The standard InChI is InChI=1S/C3H2N6O2/c10-3-7-9(8-11-3)2-4-1-5-6-2/h1H,(H-,4,5,6,7,8,10). The molecule has 0 aliphatic rings. The molecule has 0 bridgehead atoms. The summed E-state index contributed by atoms with van der Waals surface area (Å²) in [5, 5.41) is 22.9. The summed E-state index contributed by atoms with van der Waals surface area (Å²) in [5.74, 6) is 0.232. The minimum atomic E-state index is -0.776. The van der Waals surface area contributed by atoms with Crippen LogP contribution < -0.4 is 9.90 Å². The monoisotopic (exact) mass is 154 g/mol. The lowest BCUT2D eigenvalue weighted by atomic mass is 11.1. The molecule has 0 aliphatic carbocycles. The third kappa shape index (κ3) is 0.892. The smallest absolute Gasteiger partial charge is 0.462 e. The van der Waals surface area contributed by atoms with E-state index in [0.717, 1.165) is 4.80 Å². The lowest BCUT2D eigenvalue weighted by Crippen LogP contribution is -2.37. The number of nitrogens with one attached hydrogen (secondary N) is 1. The number of aromatic nitrogens is 6. The Labute approximate surface area is 59.5 Å². The summed E-state index contributed by atoms with van der Waals surface area (Å²) >= 11 is 0. The zero-order chi connectivity index (χ0) is 7.68. The molecule has 0 radical (unpaired) electrons. The molecular formula is C3H2N6O2. The number of rotatable bonds is 1. The van der Waals surface area contributed by atoms with Crippen molar-refractivity contribution in [3.63, 3.8) is 0 Å². The fourth-order valence-corrected chi connectivity index (χ4v) is 0.569. The first kappa shape index (κ1) is 5.77. The molecular weight excluding hydrogens is 152 g/mol. The van der Waals surface area contributed by atoms with Crippen molar-refractivity contribution in [1.29, 1.82) is 0 Å². The second kappa shape index (κ2) is 2.01. The van der Waals surface area contributed by atoms with Crippen molar-refractivity contribution < 1.29 is 14.4 Å². The molecule has 0 amide bonds. The summed E-state index contributed by atoms with van der Waals surface area (Å²) in [6.45, 7) is 0. The third-order valence-electron chi connectivity index (χ3n) is 0.964. The quantitative estimate of drug-likeness (QED) is 0.456. The van der Waals surface area contributed by atoms with Gasteiger partial charge in [-0.25, -0.2) is 0 Å². The molecule has 8 heteroatoms. The van der Waals surface area contributed by atoms with Gasteiger partial charge in [-0.05, 0) is 5.27 Å². The highest BCUT2D eigenvalue weighted by Gasteiger charge is 2.10. The first-order valence-corrected chi connectivity index (χ1v) is 2.65. The number of hydrogen-bond donors (Lipinski definition) is 1. The highest BCUT2D eigenvalue weighted by Crippen LogP contribution is 1.88. The van der Waals surface area contributed by atoms with Crippen molar-refractivity contribution in [3.05, 3.63) is 6.33 Å². The molecule has 0 aromatic carbocycles. The molecule has 0 saturated heterocycles. The molecule has 2 aromatic rings. The molecule has 2 aromatic heterocycles. The Bertz CT molecular complexity index is 338. The Morgan fingerprint density at radius 1 is 1.64 bits per heavy atom. The van der Waals surface area contributed by atoms with E-state index in [0.29, 0.717) is 0 Å². The van der Waals surface area contributed by atoms with Gasteiger partial charge in [-0.3, -0.25) is 0 Å². The van der Waals surface area contributed by atoms with E-state index in [1.165, 1.54) is 6.33 Å². The maximum absolute atomic E-state index is 10.4. The van der Waals surface area contributed by atoms with Crippen molar-refractivity contribution >= 4 is 0 Å². The van der Waals surface area contributed by atoms with Gasteiger partial charge in [0, 0.05) is 4.80 Å². The first-order valence-electron chi connectivity index (χ1n) is 2.65. The van der Waals surface area contributed by atoms with Gasteiger partial charge in [0.15, 0.2) is 0 Å². The highest BCUT2D eigenvalue weighted by atomic mass is 16.6. The van der Waals surface area contributed by atoms with E-state index in [1.807, 2.05) is 0 Å². The predicted octanol–water partition coefficient (Wildman–Crippen LogP) is -2.46. The van der Waals surface area contributed by atoms with Crippen LogP contribution in [-0.4, -0.2) is 25.6 Å². The van der Waals surface area contributed by atoms with Gasteiger partial charge in [-0.1, -0.05) is 15.2 Å². The molecule has 56 valence electrons. The SMILES string of the molecule is [O-]c1n[n+](-c2ncn[nH]2)no1. The third-order valence-corrected chi connectivity index (χ3v) is 0.964. The van der Waals surface area contributed by atoms with Crippen LogP contribution in [0.2, 0.25) is 0 Å². The van der Waals surface area contributed by atoms with E-state index in [-0.39, 0.29) is 5.95 Å². The lowest BCUT2D eigenvalue weighted by Gasteiger charge is -1.76. The van der Waals surface area contributed by atoms with E-state index in [1.54, 1.807) is 0 Å². The van der Waals surface area contributed by atoms with Gasteiger partial charge in [0.05, 0.1) is 0 Å². The maximum atomic E-state index is 10.4. The highest BCUT2D eigenvalue weighted by molar-refractivity contribution is 4.82. The van der Waals surface area contributed by atoms with Gasteiger partial charge in [0.25, 0.3) is 0 Å². The van der Waals surface area contributed by atoms with Crippen LogP contribution in [-0.2, 0) is 0 Å². The van der Waals surface area contributed by atoms with Gasteiger partial charge in [0.1, 0.15) is 0 Å². The fourth-order valence-electron chi connectivity index (χ4n) is 0.569. The fraction of sp³-hybridized carbons (Fsp3) is 0. The molecule has 0 atom stereocenters. The van der Waals surface area contributed by atoms with E-state index in [2.05, 4.69) is 30.1 Å². The van der Waals surface area contributed by atoms with Crippen molar-refractivity contribution in [1.82, 2.24) is 25.6 Å². The topological polar surface area (TPSA) is 107 Å². The first-order chi connectivity index (χ1) is 5.36. The van der Waals surface area contributed by atoms with Crippen LogP contribution in [0.25, 0.3) is 5.95 Å². The summed E-state index contributed by atoms with van der Waals surface area (Å²) in [6, 6.07) is 0. The Hall–Kier alpha value is -1.99. The Morgan fingerprint density at radius 3 is 3.09 bits per heavy atom. The van der Waals surface area contributed by atoms with Crippen LogP contribution in [0.4, 0.5) is 0 Å². The maximum Gasteiger partial charge on any atom is 0.462 e. The van der Waals surface area contributed by atoms with Crippen LogP contribution in [0.3, 0.4) is 0 Å². The molecule has 11 heavy (non-hydrogen) atoms. The number of H-pyrrole nitrogens is 1. The van der Waals surface area contributed by atoms with Gasteiger partial charge in [0.2, 0.25) is 12.4 Å². The van der Waals surface area contributed by atoms with E-state index < -0.39 is 6.08 Å². The van der Waals surface area contributed by atoms with Crippen LogP contribution in [0, 0.1) is 0 Å². The average molecular weight is 154 g/mol. The zero-order valence-electron chi connectivity index (χ0n) is 5.13. The number of nitrogens with zero attached hydrogens (tertiary/aromatic N) is 5. The van der Waals surface area contributed by atoms with Crippen LogP contribution in [0.1, 0.15) is 0 Å². The number of hydrogen-bond acceptors (Lipinski definition) is 6. The van der Waals surface area contributed by atoms with Gasteiger partial charge in [-0.15, -0.1) is 5.10 Å². The predicted molar refractivity (Wildman–Crippen MR) is 25.2 cm³/mol. The summed E-state index contributed by atoms with van der Waals surface area (Å²) in [4.78, 5) is 4.58. The van der Waals surface area contributed by atoms with Gasteiger partial charge in [-0.2, -0.15) is 0 Å². The normalized spacial score (nSPS) is 10.2. The Morgan fingerprint density at radius 2 is 2.55 bits per heavy atom. The Balaban J connectivity index is 2.45. The van der Waals surface area contributed by atoms with Crippen molar-refractivity contribution in [2.45, 2.75) is 0 Å². The van der Waals surface area contributed by atoms with E-state index >= 15 is 0 Å². The lowest BCUT2D eigenvalue weighted by molar-refractivity contribution is -0.732. The minimum Gasteiger partial charge on any atom is -0.526 e. The molecule has 0 aliphatic heterocycles. The number of aromatic amines is 1.